The number of nitrogens with one attached hydrogen (secondary N) is 1. The molecule has 8 nitrogen and oxygen atoms in total. The van der Waals surface area contributed by atoms with Gasteiger partial charge in [0.2, 0.25) is 15.9 Å². The van der Waals surface area contributed by atoms with Gasteiger partial charge in [-0.2, -0.15) is 4.31 Å². The van der Waals surface area contributed by atoms with Gasteiger partial charge in [-0.3, -0.25) is 9.59 Å². The third-order valence-electron chi connectivity index (χ3n) is 6.48. The molecule has 0 unspecified atom stereocenters. The second kappa shape index (κ2) is 8.78. The number of benzene rings is 1. The molecule has 2 atom stereocenters. The fraction of sp³-hybridized carbons (Fsp3) is 0.636. The Kier molecular flexibility index (Phi) is 6.25. The van der Waals surface area contributed by atoms with Gasteiger partial charge in [0.25, 0.3) is 5.91 Å². The number of carbonyl (C=O) groups is 2. The summed E-state index contributed by atoms with van der Waals surface area (Å²) < 4.78 is 34.1. The Hall–Kier alpha value is -2.13. The Morgan fingerprint density at radius 3 is 2.52 bits per heavy atom. The quantitative estimate of drug-likeness (QED) is 0.765. The minimum absolute atomic E-state index is 0.0869. The van der Waals surface area contributed by atoms with Crippen LogP contribution in [-0.4, -0.2) is 61.7 Å². The van der Waals surface area contributed by atoms with Crippen LogP contribution in [0.4, 0.5) is 5.69 Å². The first-order valence-electron chi connectivity index (χ1n) is 11.2. The van der Waals surface area contributed by atoms with Gasteiger partial charge in [-0.05, 0) is 51.2 Å². The molecule has 2 fully saturated rings. The fourth-order valence-electron chi connectivity index (χ4n) is 4.67. The van der Waals surface area contributed by atoms with Crippen molar-refractivity contribution in [3.8, 4) is 5.75 Å². The van der Waals surface area contributed by atoms with Gasteiger partial charge in [0.1, 0.15) is 5.75 Å². The van der Waals surface area contributed by atoms with E-state index in [1.807, 2.05) is 4.90 Å². The highest BCUT2D eigenvalue weighted by Gasteiger charge is 2.37. The topological polar surface area (TPSA) is 96.0 Å². The Morgan fingerprint density at radius 2 is 1.81 bits per heavy atom. The van der Waals surface area contributed by atoms with Crippen molar-refractivity contribution < 1.29 is 22.7 Å². The zero-order valence-electron chi connectivity index (χ0n) is 18.2. The van der Waals surface area contributed by atoms with E-state index >= 15 is 0 Å². The molecule has 0 bridgehead atoms. The fourth-order valence-corrected chi connectivity index (χ4v) is 6.42. The number of likely N-dealkylation sites (tertiary alicyclic amines) is 1. The first kappa shape index (κ1) is 22.1. The second-order valence-electron chi connectivity index (χ2n) is 8.80. The largest absolute Gasteiger partial charge is 0.479 e. The van der Waals surface area contributed by atoms with Gasteiger partial charge in [0.05, 0.1) is 16.5 Å². The second-order valence-corrected chi connectivity index (χ2v) is 10.7. The van der Waals surface area contributed by atoms with E-state index in [1.54, 1.807) is 19.9 Å². The number of aryl methyl sites for hydroxylation is 1. The number of hydrogen-bond donors (Lipinski definition) is 1. The van der Waals surface area contributed by atoms with Crippen molar-refractivity contribution in [2.75, 3.05) is 31.5 Å². The molecule has 1 aromatic carbocycles. The van der Waals surface area contributed by atoms with Crippen LogP contribution in [-0.2, 0) is 19.6 Å². The van der Waals surface area contributed by atoms with Gasteiger partial charge < -0.3 is 15.0 Å². The summed E-state index contributed by atoms with van der Waals surface area (Å²) in [4.78, 5) is 27.0. The molecule has 0 saturated carbocycles. The number of rotatable bonds is 3. The summed E-state index contributed by atoms with van der Waals surface area (Å²) in [6, 6.07) is 3.13. The maximum atomic E-state index is 13.5. The zero-order chi connectivity index (χ0) is 22.2. The molecular formula is C22H31N3O5S. The monoisotopic (exact) mass is 449 g/mol. The lowest BCUT2D eigenvalue weighted by molar-refractivity contribution is -0.136. The third kappa shape index (κ3) is 4.43. The van der Waals surface area contributed by atoms with Crippen LogP contribution >= 0.6 is 0 Å². The number of ether oxygens (including phenoxy) is 1. The Morgan fingerprint density at radius 1 is 1.10 bits per heavy atom. The molecule has 2 amide bonds. The summed E-state index contributed by atoms with van der Waals surface area (Å²) in [5.41, 5.74) is 1.02. The molecule has 170 valence electrons. The van der Waals surface area contributed by atoms with E-state index < -0.39 is 16.1 Å². The number of hydrogen-bond acceptors (Lipinski definition) is 5. The van der Waals surface area contributed by atoms with E-state index in [4.69, 9.17) is 4.74 Å². The van der Waals surface area contributed by atoms with E-state index in [-0.39, 0.29) is 29.2 Å². The number of fused-ring (bicyclic) bond motifs is 1. The number of amides is 2. The highest BCUT2D eigenvalue weighted by Crippen LogP contribution is 2.36. The van der Waals surface area contributed by atoms with Crippen LogP contribution in [0.2, 0.25) is 0 Å². The molecule has 1 aromatic rings. The minimum atomic E-state index is -3.79. The molecule has 31 heavy (non-hydrogen) atoms. The molecule has 2 saturated heterocycles. The van der Waals surface area contributed by atoms with Crippen molar-refractivity contribution in [3.63, 3.8) is 0 Å². The van der Waals surface area contributed by atoms with E-state index in [2.05, 4.69) is 5.32 Å². The predicted molar refractivity (Wildman–Crippen MR) is 116 cm³/mol. The van der Waals surface area contributed by atoms with Crippen LogP contribution in [0.1, 0.15) is 51.0 Å². The number of sulfonamides is 1. The summed E-state index contributed by atoms with van der Waals surface area (Å²) in [7, 11) is -3.79. The summed E-state index contributed by atoms with van der Waals surface area (Å²) in [5.74, 6) is -0.113. The van der Waals surface area contributed by atoms with Crippen LogP contribution in [0.15, 0.2) is 17.0 Å². The van der Waals surface area contributed by atoms with Crippen molar-refractivity contribution in [2.45, 2.75) is 63.4 Å². The average Bonchev–Trinajstić information content (AvgIpc) is 3.03. The molecule has 1 N–H and O–H groups in total. The molecule has 3 aliphatic rings. The maximum absolute atomic E-state index is 13.5. The average molecular weight is 450 g/mol. The lowest BCUT2D eigenvalue weighted by Gasteiger charge is -2.34. The molecular weight excluding hydrogens is 418 g/mol. The third-order valence-corrected chi connectivity index (χ3v) is 8.48. The lowest BCUT2D eigenvalue weighted by atomic mass is 9.98. The number of piperidine rings is 1. The van der Waals surface area contributed by atoms with Crippen molar-refractivity contribution in [2.24, 2.45) is 5.92 Å². The van der Waals surface area contributed by atoms with E-state index in [0.717, 1.165) is 45.2 Å². The van der Waals surface area contributed by atoms with Crippen molar-refractivity contribution in [3.05, 3.63) is 17.7 Å². The van der Waals surface area contributed by atoms with Crippen molar-refractivity contribution in [1.82, 2.24) is 9.21 Å². The molecule has 3 aliphatic heterocycles. The standard InChI is InChI=1S/C22H31N3O5S/c1-15-12-18-19(30-16(2)21(26)23-18)13-20(15)31(28,29)25-11-7-8-17(14-25)22(27)24-9-5-3-4-6-10-24/h12-13,16-17H,3-11,14H2,1-2H3,(H,23,26)/t16-,17-/m1/s1. The molecule has 0 aromatic heterocycles. The van der Waals surface area contributed by atoms with Crippen molar-refractivity contribution >= 4 is 27.5 Å². The van der Waals surface area contributed by atoms with E-state index in [9.17, 15) is 18.0 Å². The molecule has 0 spiro atoms. The number of nitrogens with zero attached hydrogens (tertiary/aromatic N) is 2. The van der Waals surface area contributed by atoms with Gasteiger partial charge in [0, 0.05) is 32.2 Å². The smallest absolute Gasteiger partial charge is 0.265 e. The highest BCUT2D eigenvalue weighted by molar-refractivity contribution is 7.89. The Bertz CT molecular complexity index is 970. The molecule has 0 radical (unpaired) electrons. The number of anilines is 1. The predicted octanol–water partition coefficient (Wildman–Crippen LogP) is 2.52. The molecule has 3 heterocycles. The minimum Gasteiger partial charge on any atom is -0.479 e. The van der Waals surface area contributed by atoms with Crippen LogP contribution in [0, 0.1) is 12.8 Å². The summed E-state index contributed by atoms with van der Waals surface area (Å²) in [6.45, 7) is 5.48. The van der Waals surface area contributed by atoms with Gasteiger partial charge in [-0.15, -0.1) is 0 Å². The summed E-state index contributed by atoms with van der Waals surface area (Å²) in [6.07, 6.45) is 5.03. The van der Waals surface area contributed by atoms with Gasteiger partial charge in [0.15, 0.2) is 6.10 Å². The zero-order valence-corrected chi connectivity index (χ0v) is 19.0. The van der Waals surface area contributed by atoms with Gasteiger partial charge in [-0.1, -0.05) is 12.8 Å². The van der Waals surface area contributed by atoms with Crippen molar-refractivity contribution in [1.29, 1.82) is 0 Å². The van der Waals surface area contributed by atoms with Gasteiger partial charge >= 0.3 is 0 Å². The Labute approximate surface area is 184 Å². The highest BCUT2D eigenvalue weighted by atomic mass is 32.2. The van der Waals surface area contributed by atoms with E-state index in [0.29, 0.717) is 30.0 Å². The molecule has 0 aliphatic carbocycles. The van der Waals surface area contributed by atoms with Crippen LogP contribution < -0.4 is 10.1 Å². The summed E-state index contributed by atoms with van der Waals surface area (Å²) >= 11 is 0. The molecule has 9 heteroatoms. The first-order chi connectivity index (χ1) is 14.8. The first-order valence-corrected chi connectivity index (χ1v) is 12.6. The lowest BCUT2D eigenvalue weighted by Crippen LogP contribution is -2.47. The normalized spacial score (nSPS) is 25.2. The van der Waals surface area contributed by atoms with Crippen LogP contribution in [0.25, 0.3) is 0 Å². The SMILES string of the molecule is Cc1cc2c(cc1S(=O)(=O)N1CCC[C@@H](C(=O)N3CCCCCC3)C1)O[C@H](C)C(=O)N2. The maximum Gasteiger partial charge on any atom is 0.265 e. The number of carbonyl (C=O) groups excluding carboxylic acids is 2. The van der Waals surface area contributed by atoms with Gasteiger partial charge in [-0.25, -0.2) is 8.42 Å². The molecule has 4 rings (SSSR count). The van der Waals surface area contributed by atoms with E-state index in [1.165, 1.54) is 10.4 Å². The Balaban J connectivity index is 1.55. The van der Waals surface area contributed by atoms with Crippen LogP contribution in [0.5, 0.6) is 5.75 Å². The van der Waals surface area contributed by atoms with Crippen LogP contribution in [0.3, 0.4) is 0 Å². The summed E-state index contributed by atoms with van der Waals surface area (Å²) in [5, 5.41) is 2.75.